The normalized spacial score (nSPS) is 15.8. The van der Waals surface area contributed by atoms with Gasteiger partial charge in [-0.05, 0) is 72.0 Å². The van der Waals surface area contributed by atoms with E-state index in [-0.39, 0.29) is 11.4 Å². The third-order valence-corrected chi connectivity index (χ3v) is 5.53. The smallest absolute Gasteiger partial charge is 0.338 e. The van der Waals surface area contributed by atoms with Crippen molar-refractivity contribution in [3.63, 3.8) is 0 Å². The standard InChI is InChI=1S/C21H23NO2S/c1-4-24-20(23)16-6-8-17(9-7-16)22-14-15-5-10-19-18(13-15)21(2,3)11-12-25-19/h5-10,13-14H,4,11-12H2,1-3H3. The van der Waals surface area contributed by atoms with Crippen molar-refractivity contribution >= 4 is 29.6 Å². The van der Waals surface area contributed by atoms with E-state index in [1.54, 1.807) is 19.1 Å². The summed E-state index contributed by atoms with van der Waals surface area (Å²) in [6, 6.07) is 13.7. The molecule has 0 amide bonds. The quantitative estimate of drug-likeness (QED) is 0.546. The Kier molecular flexibility index (Phi) is 5.28. The lowest BCUT2D eigenvalue weighted by Crippen LogP contribution is -2.22. The van der Waals surface area contributed by atoms with Gasteiger partial charge in [0, 0.05) is 11.1 Å². The van der Waals surface area contributed by atoms with Gasteiger partial charge in [-0.15, -0.1) is 11.8 Å². The summed E-state index contributed by atoms with van der Waals surface area (Å²) in [7, 11) is 0. The van der Waals surface area contributed by atoms with Gasteiger partial charge in [0.15, 0.2) is 0 Å². The number of carbonyl (C=O) groups is 1. The topological polar surface area (TPSA) is 38.7 Å². The Morgan fingerprint density at radius 1 is 1.24 bits per heavy atom. The molecule has 4 heteroatoms. The lowest BCUT2D eigenvalue weighted by molar-refractivity contribution is 0.0526. The molecule has 1 aliphatic rings. The molecule has 0 N–H and O–H groups in total. The van der Waals surface area contributed by atoms with E-state index in [2.05, 4.69) is 37.0 Å². The van der Waals surface area contributed by atoms with E-state index < -0.39 is 0 Å². The lowest BCUT2D eigenvalue weighted by atomic mass is 9.81. The Balaban J connectivity index is 1.77. The Bertz CT molecular complexity index is 794. The Hall–Kier alpha value is -2.07. The van der Waals surface area contributed by atoms with Crippen LogP contribution in [0.2, 0.25) is 0 Å². The van der Waals surface area contributed by atoms with Crippen molar-refractivity contribution < 1.29 is 9.53 Å². The Morgan fingerprint density at radius 2 is 2.00 bits per heavy atom. The number of aliphatic imine (C=N–C) groups is 1. The van der Waals surface area contributed by atoms with E-state index in [1.807, 2.05) is 30.1 Å². The van der Waals surface area contributed by atoms with Crippen LogP contribution in [0.5, 0.6) is 0 Å². The molecule has 0 unspecified atom stereocenters. The van der Waals surface area contributed by atoms with Crippen LogP contribution in [-0.4, -0.2) is 24.5 Å². The molecule has 0 saturated heterocycles. The summed E-state index contributed by atoms with van der Waals surface area (Å²) < 4.78 is 4.99. The second kappa shape index (κ2) is 7.44. The molecule has 0 aliphatic carbocycles. The number of nitrogens with zero attached hydrogens (tertiary/aromatic N) is 1. The third-order valence-electron chi connectivity index (χ3n) is 4.46. The molecule has 1 heterocycles. The number of esters is 1. The molecule has 0 atom stereocenters. The van der Waals surface area contributed by atoms with E-state index in [1.165, 1.54) is 22.6 Å². The van der Waals surface area contributed by atoms with Gasteiger partial charge in [0.1, 0.15) is 0 Å². The number of carbonyl (C=O) groups excluding carboxylic acids is 1. The fourth-order valence-corrected chi connectivity index (χ4v) is 4.37. The maximum absolute atomic E-state index is 11.7. The highest BCUT2D eigenvalue weighted by Crippen LogP contribution is 2.41. The van der Waals surface area contributed by atoms with Gasteiger partial charge in [0.25, 0.3) is 0 Å². The van der Waals surface area contributed by atoms with Crippen LogP contribution in [0, 0.1) is 0 Å². The SMILES string of the molecule is CCOC(=O)c1ccc(N=Cc2ccc3c(c2)C(C)(C)CCS3)cc1. The summed E-state index contributed by atoms with van der Waals surface area (Å²) in [5, 5.41) is 0. The monoisotopic (exact) mass is 353 g/mol. The number of hydrogen-bond acceptors (Lipinski definition) is 4. The molecule has 2 aromatic rings. The number of hydrogen-bond donors (Lipinski definition) is 0. The number of rotatable bonds is 4. The molecule has 0 radical (unpaired) electrons. The van der Waals surface area contributed by atoms with E-state index >= 15 is 0 Å². The Labute approximate surface area is 153 Å². The van der Waals surface area contributed by atoms with Crippen molar-refractivity contribution in [1.29, 1.82) is 0 Å². The summed E-state index contributed by atoms with van der Waals surface area (Å²) >= 11 is 1.93. The first kappa shape index (κ1) is 17.7. The van der Waals surface area contributed by atoms with Gasteiger partial charge in [0.2, 0.25) is 0 Å². The first-order chi connectivity index (χ1) is 12.0. The van der Waals surface area contributed by atoms with E-state index in [0.717, 1.165) is 11.3 Å². The second-order valence-corrected chi connectivity index (χ2v) is 7.90. The average Bonchev–Trinajstić information content (AvgIpc) is 2.61. The van der Waals surface area contributed by atoms with Gasteiger partial charge in [-0.2, -0.15) is 0 Å². The number of ether oxygens (including phenoxy) is 1. The highest BCUT2D eigenvalue weighted by atomic mass is 32.2. The number of fused-ring (bicyclic) bond motifs is 1. The molecular weight excluding hydrogens is 330 g/mol. The molecule has 130 valence electrons. The zero-order valence-corrected chi connectivity index (χ0v) is 15.7. The number of benzene rings is 2. The first-order valence-corrected chi connectivity index (χ1v) is 9.57. The van der Waals surface area contributed by atoms with Crippen LogP contribution in [0.15, 0.2) is 52.4 Å². The van der Waals surface area contributed by atoms with Crippen LogP contribution in [-0.2, 0) is 10.2 Å². The molecule has 0 aromatic heterocycles. The zero-order chi connectivity index (χ0) is 17.9. The highest BCUT2D eigenvalue weighted by molar-refractivity contribution is 7.99. The second-order valence-electron chi connectivity index (χ2n) is 6.76. The van der Waals surface area contributed by atoms with Gasteiger partial charge >= 0.3 is 5.97 Å². The van der Waals surface area contributed by atoms with Crippen LogP contribution in [0.25, 0.3) is 0 Å². The molecular formula is C21H23NO2S. The summed E-state index contributed by atoms with van der Waals surface area (Å²) in [6.07, 6.45) is 3.08. The average molecular weight is 353 g/mol. The van der Waals surface area contributed by atoms with Gasteiger partial charge < -0.3 is 4.74 Å². The molecule has 0 saturated carbocycles. The number of thioether (sulfide) groups is 1. The van der Waals surface area contributed by atoms with Crippen LogP contribution in [0.4, 0.5) is 5.69 Å². The van der Waals surface area contributed by atoms with Crippen molar-refractivity contribution in [3.8, 4) is 0 Å². The van der Waals surface area contributed by atoms with Crippen molar-refractivity contribution in [2.45, 2.75) is 37.5 Å². The van der Waals surface area contributed by atoms with Gasteiger partial charge in [-0.1, -0.05) is 19.9 Å². The van der Waals surface area contributed by atoms with Crippen molar-refractivity contribution in [2.24, 2.45) is 4.99 Å². The lowest BCUT2D eigenvalue weighted by Gasteiger charge is -2.32. The fourth-order valence-electron chi connectivity index (χ4n) is 2.88. The van der Waals surface area contributed by atoms with Crippen LogP contribution in [0.3, 0.4) is 0 Å². The van der Waals surface area contributed by atoms with E-state index in [0.29, 0.717) is 12.2 Å². The molecule has 0 spiro atoms. The molecule has 25 heavy (non-hydrogen) atoms. The van der Waals surface area contributed by atoms with Crippen molar-refractivity contribution in [2.75, 3.05) is 12.4 Å². The van der Waals surface area contributed by atoms with Crippen molar-refractivity contribution in [3.05, 3.63) is 59.2 Å². The largest absolute Gasteiger partial charge is 0.462 e. The van der Waals surface area contributed by atoms with Gasteiger partial charge in [-0.25, -0.2) is 4.79 Å². The zero-order valence-electron chi connectivity index (χ0n) is 14.9. The maximum atomic E-state index is 11.7. The first-order valence-electron chi connectivity index (χ1n) is 8.58. The molecule has 1 aliphatic heterocycles. The summed E-state index contributed by atoms with van der Waals surface area (Å²) in [6.45, 7) is 6.79. The predicted octanol–water partition coefficient (Wildman–Crippen LogP) is 5.39. The molecule has 3 nitrogen and oxygen atoms in total. The van der Waals surface area contributed by atoms with Crippen LogP contribution in [0.1, 0.15) is 48.7 Å². The minimum absolute atomic E-state index is 0.214. The van der Waals surface area contributed by atoms with Crippen molar-refractivity contribution in [1.82, 2.24) is 0 Å². The summed E-state index contributed by atoms with van der Waals surface area (Å²) in [5.41, 5.74) is 4.09. The third kappa shape index (κ3) is 4.13. The minimum Gasteiger partial charge on any atom is -0.462 e. The highest BCUT2D eigenvalue weighted by Gasteiger charge is 2.27. The van der Waals surface area contributed by atoms with Gasteiger partial charge in [0.05, 0.1) is 17.9 Å². The minimum atomic E-state index is -0.299. The predicted molar refractivity (Wildman–Crippen MR) is 104 cm³/mol. The molecule has 0 bridgehead atoms. The fraction of sp³-hybridized carbons (Fsp3) is 0.333. The molecule has 3 rings (SSSR count). The molecule has 0 fully saturated rings. The maximum Gasteiger partial charge on any atom is 0.338 e. The van der Waals surface area contributed by atoms with Crippen LogP contribution >= 0.6 is 11.8 Å². The summed E-state index contributed by atoms with van der Waals surface area (Å²) in [5.74, 6) is 0.882. The van der Waals surface area contributed by atoms with Crippen LogP contribution < -0.4 is 0 Å². The Morgan fingerprint density at radius 3 is 2.72 bits per heavy atom. The van der Waals surface area contributed by atoms with E-state index in [9.17, 15) is 4.79 Å². The molecule has 2 aromatic carbocycles. The van der Waals surface area contributed by atoms with Gasteiger partial charge in [-0.3, -0.25) is 4.99 Å². The van der Waals surface area contributed by atoms with E-state index in [4.69, 9.17) is 4.74 Å². The summed E-state index contributed by atoms with van der Waals surface area (Å²) in [4.78, 5) is 17.6.